The number of methoxy groups -OCH3 is 1. The molecule has 0 saturated carbocycles. The number of fused-ring (bicyclic) bond motifs is 2. The lowest BCUT2D eigenvalue weighted by Gasteiger charge is -2.44. The minimum atomic E-state index is -0.707. The topological polar surface area (TPSA) is 93.6 Å². The monoisotopic (exact) mass is 531 g/mol. The van der Waals surface area contributed by atoms with Gasteiger partial charge in [-0.1, -0.05) is 6.08 Å². The number of aliphatic hydroxyl groups is 1. The van der Waals surface area contributed by atoms with Gasteiger partial charge in [0.05, 0.1) is 31.0 Å². The molecule has 2 fully saturated rings. The summed E-state index contributed by atoms with van der Waals surface area (Å²) in [7, 11) is 1.63. The van der Waals surface area contributed by atoms with Crippen molar-refractivity contribution in [1.29, 1.82) is 0 Å². The normalized spacial score (nSPS) is 23.6. The summed E-state index contributed by atoms with van der Waals surface area (Å²) in [6.45, 7) is 7.25. The van der Waals surface area contributed by atoms with Gasteiger partial charge in [0.1, 0.15) is 24.6 Å². The molecule has 39 heavy (non-hydrogen) atoms. The average molecular weight is 532 g/mol. The summed E-state index contributed by atoms with van der Waals surface area (Å²) < 4.78 is 22.9. The van der Waals surface area contributed by atoms with Crippen molar-refractivity contribution in [3.05, 3.63) is 66.9 Å². The summed E-state index contributed by atoms with van der Waals surface area (Å²) in [4.78, 5) is 21.5. The van der Waals surface area contributed by atoms with Crippen LogP contribution >= 0.6 is 0 Å². The Bertz CT molecular complexity index is 1400. The van der Waals surface area contributed by atoms with Crippen LogP contribution in [0.15, 0.2) is 61.3 Å². The van der Waals surface area contributed by atoms with E-state index in [4.69, 9.17) is 18.9 Å². The number of allylic oxidation sites excluding steroid dienone is 1. The van der Waals surface area contributed by atoms with Gasteiger partial charge in [0, 0.05) is 49.6 Å². The van der Waals surface area contributed by atoms with Crippen LogP contribution in [0.2, 0.25) is 0 Å². The zero-order valence-electron chi connectivity index (χ0n) is 22.0. The number of aromatic nitrogens is 1. The van der Waals surface area contributed by atoms with Gasteiger partial charge in [0.15, 0.2) is 11.5 Å². The highest BCUT2D eigenvalue weighted by molar-refractivity contribution is 5.91. The number of piperidine rings is 1. The second-order valence-electron chi connectivity index (χ2n) is 10.4. The van der Waals surface area contributed by atoms with Crippen molar-refractivity contribution in [3.8, 4) is 17.2 Å². The molecule has 2 aromatic carbocycles. The number of β-amino-alcohol motifs (C(OH)–C–C–N with tert-alkyl or cyclic N) is 1. The summed E-state index contributed by atoms with van der Waals surface area (Å²) in [5, 5.41) is 12.2. The van der Waals surface area contributed by atoms with E-state index in [9.17, 15) is 9.90 Å². The molecule has 3 aliphatic rings. The Labute approximate surface area is 227 Å². The van der Waals surface area contributed by atoms with Gasteiger partial charge in [-0.15, -0.1) is 6.58 Å². The molecule has 3 atom stereocenters. The molecule has 6 rings (SSSR count). The molecule has 0 aliphatic carbocycles. The van der Waals surface area contributed by atoms with Gasteiger partial charge in [-0.25, -0.2) is 4.79 Å². The van der Waals surface area contributed by atoms with Crippen molar-refractivity contribution >= 4 is 22.7 Å². The molecule has 9 heteroatoms. The van der Waals surface area contributed by atoms with Crippen molar-refractivity contribution in [1.82, 2.24) is 9.88 Å². The first-order valence-corrected chi connectivity index (χ1v) is 13.3. The van der Waals surface area contributed by atoms with Crippen LogP contribution in [0.3, 0.4) is 0 Å². The molecule has 1 amide bonds. The van der Waals surface area contributed by atoms with Gasteiger partial charge < -0.3 is 24.1 Å². The van der Waals surface area contributed by atoms with E-state index in [0.717, 1.165) is 27.9 Å². The molecular weight excluding hydrogens is 498 g/mol. The molecule has 3 aromatic rings. The van der Waals surface area contributed by atoms with Crippen LogP contribution in [-0.4, -0.2) is 73.2 Å². The first kappa shape index (κ1) is 25.5. The van der Waals surface area contributed by atoms with E-state index < -0.39 is 11.7 Å². The lowest BCUT2D eigenvalue weighted by atomic mass is 9.78. The number of ether oxygens (including phenoxy) is 4. The molecule has 0 unspecified atom stereocenters. The van der Waals surface area contributed by atoms with Crippen LogP contribution in [0.1, 0.15) is 24.5 Å². The Kier molecular flexibility index (Phi) is 6.78. The minimum Gasteiger partial charge on any atom is -0.497 e. The molecule has 3 aliphatic heterocycles. The number of nitrogens with zero attached hydrogens (tertiary/aromatic N) is 3. The highest BCUT2D eigenvalue weighted by atomic mass is 16.6. The number of hydrogen-bond acceptors (Lipinski definition) is 8. The minimum absolute atomic E-state index is 0.0383. The lowest BCUT2D eigenvalue weighted by molar-refractivity contribution is -0.0545. The van der Waals surface area contributed by atoms with Gasteiger partial charge in [-0.05, 0) is 48.4 Å². The molecule has 9 nitrogen and oxygen atoms in total. The van der Waals surface area contributed by atoms with E-state index in [1.807, 2.05) is 48.5 Å². The van der Waals surface area contributed by atoms with Crippen LogP contribution in [0, 0.1) is 5.92 Å². The largest absolute Gasteiger partial charge is 0.497 e. The zero-order chi connectivity index (χ0) is 27.0. The number of rotatable bonds is 7. The van der Waals surface area contributed by atoms with Gasteiger partial charge in [0.2, 0.25) is 0 Å². The van der Waals surface area contributed by atoms with Crippen molar-refractivity contribution in [3.63, 3.8) is 0 Å². The first-order valence-electron chi connectivity index (χ1n) is 13.3. The van der Waals surface area contributed by atoms with E-state index in [1.54, 1.807) is 18.2 Å². The fraction of sp³-hybridized carbons (Fsp3) is 0.400. The first-order chi connectivity index (χ1) is 19.0. The average Bonchev–Trinajstić information content (AvgIpc) is 3.30. The molecule has 204 valence electrons. The standard InChI is InChI=1S/C30H33N3O6/c1-3-4-20-17-32(18-26(34)23-9-11-31-25-7-6-22(36-2)16-24(23)25)12-10-30(20)19-33(29(35)39-30)21-5-8-27-28(15-21)38-14-13-37-27/h3,5-9,11,15-16,20,26,34H,1,4,10,12-14,17-19H2,2H3/t20-,26-,30-/m1/s1. The van der Waals surface area contributed by atoms with Crippen LogP contribution in [0.5, 0.6) is 17.2 Å². The third-order valence-corrected chi connectivity index (χ3v) is 8.07. The summed E-state index contributed by atoms with van der Waals surface area (Å²) >= 11 is 0. The maximum absolute atomic E-state index is 13.1. The fourth-order valence-corrected chi connectivity index (χ4v) is 6.02. The molecule has 4 heterocycles. The number of likely N-dealkylation sites (tertiary alicyclic amines) is 1. The van der Waals surface area contributed by atoms with Gasteiger partial charge >= 0.3 is 6.09 Å². The van der Waals surface area contributed by atoms with E-state index in [2.05, 4.69) is 16.5 Å². The maximum atomic E-state index is 13.1. The predicted molar refractivity (Wildman–Crippen MR) is 147 cm³/mol. The van der Waals surface area contributed by atoms with Crippen LogP contribution < -0.4 is 19.1 Å². The smallest absolute Gasteiger partial charge is 0.415 e. The Balaban J connectivity index is 1.19. The van der Waals surface area contributed by atoms with Gasteiger partial charge in [-0.2, -0.15) is 0 Å². The third kappa shape index (κ3) is 4.77. The van der Waals surface area contributed by atoms with Crippen LogP contribution in [0.25, 0.3) is 10.9 Å². The lowest BCUT2D eigenvalue weighted by Crippen LogP contribution is -2.54. The second kappa shape index (κ2) is 10.4. The molecular formula is C30H33N3O6. The van der Waals surface area contributed by atoms with E-state index >= 15 is 0 Å². The molecule has 2 saturated heterocycles. The van der Waals surface area contributed by atoms with Crippen LogP contribution in [-0.2, 0) is 4.74 Å². The molecule has 0 bridgehead atoms. The number of benzene rings is 2. The Morgan fingerprint density at radius 3 is 2.87 bits per heavy atom. The number of anilines is 1. The number of carbonyl (C=O) groups is 1. The van der Waals surface area contributed by atoms with E-state index in [-0.39, 0.29) is 12.0 Å². The van der Waals surface area contributed by atoms with Crippen molar-refractivity contribution in [2.24, 2.45) is 5.92 Å². The zero-order valence-corrected chi connectivity index (χ0v) is 22.0. The molecule has 0 radical (unpaired) electrons. The number of aliphatic hydroxyl groups excluding tert-OH is 1. The quantitative estimate of drug-likeness (QED) is 0.450. The Hall–Kier alpha value is -3.82. The van der Waals surface area contributed by atoms with E-state index in [1.165, 1.54) is 0 Å². The molecule has 1 aromatic heterocycles. The summed E-state index contributed by atoms with van der Waals surface area (Å²) in [5.41, 5.74) is 1.73. The highest BCUT2D eigenvalue weighted by Gasteiger charge is 2.53. The summed E-state index contributed by atoms with van der Waals surface area (Å²) in [6, 6.07) is 13.1. The Morgan fingerprint density at radius 1 is 1.21 bits per heavy atom. The SMILES string of the molecule is C=CC[C@@H]1CN(C[C@@H](O)c2ccnc3ccc(OC)cc23)CC[C@@]12CN(c1ccc3c(c1)OCCO3)C(=O)O2. The number of carbonyl (C=O) groups excluding carboxylic acids is 1. The maximum Gasteiger partial charge on any atom is 0.415 e. The van der Waals surface area contributed by atoms with Gasteiger partial charge in [0.25, 0.3) is 0 Å². The number of amides is 1. The summed E-state index contributed by atoms with van der Waals surface area (Å²) in [5.74, 6) is 2.08. The fourth-order valence-electron chi connectivity index (χ4n) is 6.02. The van der Waals surface area contributed by atoms with E-state index in [0.29, 0.717) is 63.7 Å². The van der Waals surface area contributed by atoms with Crippen LogP contribution in [0.4, 0.5) is 10.5 Å². The number of hydrogen-bond donors (Lipinski definition) is 1. The second-order valence-corrected chi connectivity index (χ2v) is 10.4. The Morgan fingerprint density at radius 2 is 2.05 bits per heavy atom. The predicted octanol–water partition coefficient (Wildman–Crippen LogP) is 4.34. The summed E-state index contributed by atoms with van der Waals surface area (Å²) in [6.07, 6.45) is 3.91. The van der Waals surface area contributed by atoms with Crippen molar-refractivity contribution < 1.29 is 28.8 Å². The third-order valence-electron chi connectivity index (χ3n) is 8.07. The number of pyridine rings is 1. The van der Waals surface area contributed by atoms with Crippen molar-refractivity contribution in [2.75, 3.05) is 51.4 Å². The van der Waals surface area contributed by atoms with Gasteiger partial charge in [-0.3, -0.25) is 14.8 Å². The molecule has 1 N–H and O–H groups in total. The molecule has 1 spiro atoms. The highest BCUT2D eigenvalue weighted by Crippen LogP contribution is 2.43. The van der Waals surface area contributed by atoms with Crippen molar-refractivity contribution in [2.45, 2.75) is 24.5 Å².